The van der Waals surface area contributed by atoms with Gasteiger partial charge in [0.05, 0.1) is 18.2 Å². The number of methoxy groups -OCH3 is 1. The Hall–Kier alpha value is -2.22. The van der Waals surface area contributed by atoms with Gasteiger partial charge in [-0.2, -0.15) is 0 Å². The summed E-state index contributed by atoms with van der Waals surface area (Å²) in [6, 6.07) is 5.02. The van der Waals surface area contributed by atoms with Gasteiger partial charge in [-0.15, -0.1) is 0 Å². The first-order chi connectivity index (χ1) is 13.4. The second-order valence-corrected chi connectivity index (χ2v) is 7.56. The molecule has 1 aromatic carbocycles. The minimum absolute atomic E-state index is 0.0890. The number of amides is 3. The van der Waals surface area contributed by atoms with Crippen LogP contribution in [0.5, 0.6) is 0 Å². The van der Waals surface area contributed by atoms with E-state index in [0.717, 1.165) is 30.2 Å². The molecule has 0 spiro atoms. The maximum absolute atomic E-state index is 12.3. The van der Waals surface area contributed by atoms with E-state index in [2.05, 4.69) is 26.0 Å². The normalized spacial score (nSPS) is 12.9. The van der Waals surface area contributed by atoms with Crippen LogP contribution < -0.4 is 5.32 Å². The van der Waals surface area contributed by atoms with Crippen molar-refractivity contribution in [3.63, 3.8) is 0 Å². The van der Waals surface area contributed by atoms with E-state index in [1.54, 1.807) is 18.2 Å². The molecule has 1 heterocycles. The van der Waals surface area contributed by atoms with E-state index in [1.165, 1.54) is 12.0 Å². The number of benzene rings is 1. The molecule has 152 valence electrons. The first kappa shape index (κ1) is 22.1. The van der Waals surface area contributed by atoms with Crippen LogP contribution in [0.2, 0.25) is 0 Å². The maximum Gasteiger partial charge on any atom is 0.305 e. The first-order valence-corrected chi connectivity index (χ1v) is 10.2. The number of nitrogens with one attached hydrogen (secondary N) is 1. The Labute approximate surface area is 172 Å². The van der Waals surface area contributed by atoms with Crippen molar-refractivity contribution in [2.24, 2.45) is 0 Å². The fraction of sp³-hybridized carbons (Fsp3) is 0.500. The Morgan fingerprint density at radius 3 is 2.46 bits per heavy atom. The van der Waals surface area contributed by atoms with Gasteiger partial charge in [0, 0.05) is 30.4 Å². The topological polar surface area (TPSA) is 92.8 Å². The lowest BCUT2D eigenvalue weighted by atomic mass is 10.1. The summed E-state index contributed by atoms with van der Waals surface area (Å²) in [7, 11) is 1.38. The van der Waals surface area contributed by atoms with Crippen LogP contribution in [-0.2, 0) is 14.3 Å². The van der Waals surface area contributed by atoms with E-state index < -0.39 is 0 Å². The Morgan fingerprint density at radius 2 is 1.71 bits per heavy atom. The van der Waals surface area contributed by atoms with Gasteiger partial charge in [-0.05, 0) is 37.5 Å². The minimum Gasteiger partial charge on any atom is -0.469 e. The van der Waals surface area contributed by atoms with Gasteiger partial charge in [0.15, 0.2) is 0 Å². The average molecular weight is 453 g/mol. The molecule has 8 heteroatoms. The number of rotatable bonds is 11. The van der Waals surface area contributed by atoms with Crippen molar-refractivity contribution in [2.75, 3.05) is 20.2 Å². The van der Waals surface area contributed by atoms with Gasteiger partial charge in [-0.1, -0.05) is 28.8 Å². The molecule has 28 heavy (non-hydrogen) atoms. The summed E-state index contributed by atoms with van der Waals surface area (Å²) in [4.78, 5) is 48.7. The molecule has 1 aliphatic rings. The molecule has 0 aromatic heterocycles. The van der Waals surface area contributed by atoms with Crippen LogP contribution in [0.3, 0.4) is 0 Å². The third-order valence-corrected chi connectivity index (χ3v) is 5.07. The van der Waals surface area contributed by atoms with Crippen molar-refractivity contribution in [1.29, 1.82) is 0 Å². The molecular formula is C20H25BrN2O5. The number of hydrogen-bond donors (Lipinski definition) is 1. The van der Waals surface area contributed by atoms with Crippen LogP contribution in [0, 0.1) is 0 Å². The number of fused-ring (bicyclic) bond motifs is 1. The molecule has 0 saturated carbocycles. The Morgan fingerprint density at radius 1 is 1.00 bits per heavy atom. The molecule has 7 nitrogen and oxygen atoms in total. The van der Waals surface area contributed by atoms with Gasteiger partial charge in [-0.25, -0.2) is 0 Å². The fourth-order valence-electron chi connectivity index (χ4n) is 3.03. The van der Waals surface area contributed by atoms with E-state index in [0.29, 0.717) is 30.5 Å². The molecule has 0 aliphatic carbocycles. The molecule has 1 N–H and O–H groups in total. The average Bonchev–Trinajstić information content (AvgIpc) is 2.91. The van der Waals surface area contributed by atoms with Crippen LogP contribution in [-0.4, -0.2) is 48.8 Å². The van der Waals surface area contributed by atoms with Gasteiger partial charge in [0.1, 0.15) is 0 Å². The van der Waals surface area contributed by atoms with Crippen molar-refractivity contribution in [3.05, 3.63) is 33.8 Å². The summed E-state index contributed by atoms with van der Waals surface area (Å²) in [5.74, 6) is -0.901. The Bertz CT molecular complexity index is 750. The Kier molecular flexibility index (Phi) is 8.63. The van der Waals surface area contributed by atoms with Gasteiger partial charge < -0.3 is 10.1 Å². The summed E-state index contributed by atoms with van der Waals surface area (Å²) < 4.78 is 5.33. The SMILES string of the molecule is COC(=O)CCCCCCNC(=O)CCCN1C(=O)c2ccc(Br)cc2C1=O. The van der Waals surface area contributed by atoms with Crippen molar-refractivity contribution in [3.8, 4) is 0 Å². The number of esters is 1. The second-order valence-electron chi connectivity index (χ2n) is 6.65. The zero-order valence-electron chi connectivity index (χ0n) is 16.0. The Balaban J connectivity index is 1.60. The highest BCUT2D eigenvalue weighted by atomic mass is 79.9. The number of hydrogen-bond acceptors (Lipinski definition) is 5. The first-order valence-electron chi connectivity index (χ1n) is 9.43. The third kappa shape index (κ3) is 6.15. The monoisotopic (exact) mass is 452 g/mol. The third-order valence-electron chi connectivity index (χ3n) is 4.58. The molecule has 0 fully saturated rings. The lowest BCUT2D eigenvalue weighted by Gasteiger charge is -2.13. The standard InChI is InChI=1S/C20H25BrN2O5/c1-28-18(25)8-4-2-3-5-11-22-17(24)7-6-12-23-19(26)15-10-9-14(21)13-16(15)20(23)27/h9-10,13H,2-8,11-12H2,1H3,(H,22,24). The summed E-state index contributed by atoms with van der Waals surface area (Å²) >= 11 is 3.30. The molecular weight excluding hydrogens is 428 g/mol. The zero-order chi connectivity index (χ0) is 20.5. The second kappa shape index (κ2) is 10.9. The highest BCUT2D eigenvalue weighted by Gasteiger charge is 2.35. The molecule has 1 aliphatic heterocycles. The number of carbonyl (C=O) groups is 4. The predicted molar refractivity (Wildman–Crippen MR) is 107 cm³/mol. The van der Waals surface area contributed by atoms with Crippen molar-refractivity contribution in [1.82, 2.24) is 10.2 Å². The number of unbranched alkanes of at least 4 members (excludes halogenated alkanes) is 3. The largest absolute Gasteiger partial charge is 0.469 e. The van der Waals surface area contributed by atoms with Crippen LogP contribution in [0.15, 0.2) is 22.7 Å². The lowest BCUT2D eigenvalue weighted by Crippen LogP contribution is -2.32. The fourth-order valence-corrected chi connectivity index (χ4v) is 3.39. The molecule has 0 bridgehead atoms. The molecule has 1 aromatic rings. The van der Waals surface area contributed by atoms with E-state index in [1.807, 2.05) is 0 Å². The van der Waals surface area contributed by atoms with Gasteiger partial charge >= 0.3 is 5.97 Å². The lowest BCUT2D eigenvalue weighted by molar-refractivity contribution is -0.140. The summed E-state index contributed by atoms with van der Waals surface area (Å²) in [6.07, 6.45) is 4.61. The van der Waals surface area contributed by atoms with Gasteiger partial charge in [0.25, 0.3) is 11.8 Å². The number of halogens is 1. The van der Waals surface area contributed by atoms with Crippen LogP contribution >= 0.6 is 15.9 Å². The number of nitrogens with zero attached hydrogens (tertiary/aromatic N) is 1. The van der Waals surface area contributed by atoms with Gasteiger partial charge in [0.2, 0.25) is 5.91 Å². The number of ether oxygens (including phenoxy) is 1. The van der Waals surface area contributed by atoms with Crippen LogP contribution in [0.25, 0.3) is 0 Å². The van der Waals surface area contributed by atoms with E-state index in [4.69, 9.17) is 0 Å². The summed E-state index contributed by atoms with van der Waals surface area (Å²) in [5.41, 5.74) is 0.806. The number of carbonyl (C=O) groups excluding carboxylic acids is 4. The molecule has 0 atom stereocenters. The predicted octanol–water partition coefficient (Wildman–Crippen LogP) is 3.07. The van der Waals surface area contributed by atoms with E-state index >= 15 is 0 Å². The van der Waals surface area contributed by atoms with Crippen molar-refractivity contribution >= 4 is 39.6 Å². The highest BCUT2D eigenvalue weighted by molar-refractivity contribution is 9.10. The molecule has 0 radical (unpaired) electrons. The number of imide groups is 1. The molecule has 3 amide bonds. The molecule has 0 unspecified atom stereocenters. The van der Waals surface area contributed by atoms with Crippen molar-refractivity contribution in [2.45, 2.75) is 44.9 Å². The molecule has 2 rings (SSSR count). The van der Waals surface area contributed by atoms with E-state index in [-0.39, 0.29) is 36.7 Å². The smallest absolute Gasteiger partial charge is 0.305 e. The van der Waals surface area contributed by atoms with Crippen LogP contribution in [0.1, 0.15) is 65.7 Å². The van der Waals surface area contributed by atoms with Crippen molar-refractivity contribution < 1.29 is 23.9 Å². The maximum atomic E-state index is 12.3. The van der Waals surface area contributed by atoms with Gasteiger partial charge in [-0.3, -0.25) is 24.1 Å². The van der Waals surface area contributed by atoms with Crippen LogP contribution in [0.4, 0.5) is 0 Å². The van der Waals surface area contributed by atoms with E-state index in [9.17, 15) is 19.2 Å². The summed E-state index contributed by atoms with van der Waals surface area (Å²) in [5, 5.41) is 2.84. The molecule has 0 saturated heterocycles. The highest BCUT2D eigenvalue weighted by Crippen LogP contribution is 2.26. The quantitative estimate of drug-likeness (QED) is 0.316. The summed E-state index contributed by atoms with van der Waals surface area (Å²) in [6.45, 7) is 0.809. The minimum atomic E-state index is -0.311. The zero-order valence-corrected chi connectivity index (χ0v) is 17.5.